The van der Waals surface area contributed by atoms with E-state index >= 15 is 0 Å². The fourth-order valence-electron chi connectivity index (χ4n) is 1.62. The van der Waals surface area contributed by atoms with E-state index in [4.69, 9.17) is 15.2 Å². The minimum absolute atomic E-state index is 0. The van der Waals surface area contributed by atoms with Crippen molar-refractivity contribution in [1.29, 1.82) is 0 Å². The van der Waals surface area contributed by atoms with E-state index in [1.54, 1.807) is 14.2 Å². The number of carbonyl (C=O) groups excluding carboxylic acids is 1. The Morgan fingerprint density at radius 3 is 2.32 bits per heavy atom. The van der Waals surface area contributed by atoms with Crippen LogP contribution in [0.15, 0.2) is 30.3 Å². The molecule has 108 valence electrons. The van der Waals surface area contributed by atoms with Crippen LogP contribution in [0, 0.1) is 0 Å². The minimum atomic E-state index is -0.430. The summed E-state index contributed by atoms with van der Waals surface area (Å²) in [7, 11) is 3.10. The van der Waals surface area contributed by atoms with Gasteiger partial charge < -0.3 is 20.5 Å². The lowest BCUT2D eigenvalue weighted by atomic mass is 10.1. The fourth-order valence-corrected chi connectivity index (χ4v) is 1.62. The summed E-state index contributed by atoms with van der Waals surface area (Å²) in [5, 5.41) is 3.05. The zero-order chi connectivity index (χ0) is 13.4. The Kier molecular flexibility index (Phi) is 9.16. The smallest absolute Gasteiger partial charge is 0.234 e. The normalized spacial score (nSPS) is 11.9. The Hall–Kier alpha value is -1.14. The molecule has 0 aliphatic heterocycles. The van der Waals surface area contributed by atoms with Crippen LogP contribution in [0.25, 0.3) is 0 Å². The summed E-state index contributed by atoms with van der Waals surface area (Å²) in [6.45, 7) is 0.410. The number of nitrogens with one attached hydrogen (secondary N) is 1. The topological polar surface area (TPSA) is 73.6 Å². The number of carbonyl (C=O) groups is 1. The minimum Gasteiger partial charge on any atom is -0.368 e. The van der Waals surface area contributed by atoms with Gasteiger partial charge in [0.05, 0.1) is 6.04 Å². The van der Waals surface area contributed by atoms with E-state index in [-0.39, 0.29) is 24.6 Å². The molecule has 0 aliphatic rings. The van der Waals surface area contributed by atoms with Crippen molar-refractivity contribution >= 4 is 18.3 Å². The predicted molar refractivity (Wildman–Crippen MR) is 76.2 cm³/mol. The molecule has 1 aromatic carbocycles. The van der Waals surface area contributed by atoms with Gasteiger partial charge in [0.2, 0.25) is 5.91 Å². The molecule has 6 heteroatoms. The number of benzene rings is 1. The molecule has 0 aliphatic carbocycles. The first-order valence-electron chi connectivity index (χ1n) is 5.79. The van der Waals surface area contributed by atoms with Crippen LogP contribution < -0.4 is 11.1 Å². The van der Waals surface area contributed by atoms with Gasteiger partial charge in [0.1, 0.15) is 0 Å². The first-order chi connectivity index (χ1) is 8.67. The van der Waals surface area contributed by atoms with Gasteiger partial charge in [-0.15, -0.1) is 12.4 Å². The highest BCUT2D eigenvalue weighted by Crippen LogP contribution is 2.03. The molecule has 1 rings (SSSR count). The molecule has 0 fully saturated rings. The third-order valence-corrected chi connectivity index (χ3v) is 2.68. The summed E-state index contributed by atoms with van der Waals surface area (Å²) in [6.07, 6.45) is 0.165. The van der Waals surface area contributed by atoms with E-state index in [2.05, 4.69) is 5.32 Å². The van der Waals surface area contributed by atoms with Crippen LogP contribution in [0.1, 0.15) is 5.56 Å². The average Bonchev–Trinajstić information content (AvgIpc) is 2.39. The number of nitrogens with two attached hydrogens (primary N) is 1. The molecule has 0 aromatic heterocycles. The van der Waals surface area contributed by atoms with Gasteiger partial charge in [-0.3, -0.25) is 4.79 Å². The molecule has 0 spiro atoms. The highest BCUT2D eigenvalue weighted by Gasteiger charge is 2.17. The quantitative estimate of drug-likeness (QED) is 0.691. The van der Waals surface area contributed by atoms with Crippen molar-refractivity contribution in [1.82, 2.24) is 5.32 Å². The second kappa shape index (κ2) is 9.75. The number of primary amides is 1. The number of ether oxygens (including phenoxy) is 2. The van der Waals surface area contributed by atoms with Crippen molar-refractivity contribution in [2.24, 2.45) is 5.73 Å². The summed E-state index contributed by atoms with van der Waals surface area (Å²) in [6, 6.07) is 9.28. The monoisotopic (exact) mass is 288 g/mol. The van der Waals surface area contributed by atoms with Gasteiger partial charge in [-0.25, -0.2) is 0 Å². The van der Waals surface area contributed by atoms with Crippen molar-refractivity contribution in [3.8, 4) is 0 Å². The first-order valence-corrected chi connectivity index (χ1v) is 5.79. The lowest BCUT2D eigenvalue weighted by Crippen LogP contribution is -2.46. The Morgan fingerprint density at radius 1 is 1.26 bits per heavy atom. The van der Waals surface area contributed by atoms with E-state index in [0.29, 0.717) is 13.0 Å². The van der Waals surface area contributed by atoms with E-state index in [9.17, 15) is 4.79 Å². The summed E-state index contributed by atoms with van der Waals surface area (Å²) in [5.74, 6) is -0.384. The Balaban J connectivity index is 0.00000324. The summed E-state index contributed by atoms with van der Waals surface area (Å²) in [4.78, 5) is 11.4. The molecular weight excluding hydrogens is 268 g/mol. The van der Waals surface area contributed by atoms with Crippen LogP contribution in [-0.2, 0) is 20.7 Å². The largest absolute Gasteiger partial charge is 0.368 e. The molecule has 0 bridgehead atoms. The molecule has 3 N–H and O–H groups in total. The van der Waals surface area contributed by atoms with E-state index in [1.807, 2.05) is 30.3 Å². The van der Waals surface area contributed by atoms with Crippen LogP contribution in [0.2, 0.25) is 0 Å². The number of hydrogen-bond donors (Lipinski definition) is 2. The number of halogens is 1. The maximum atomic E-state index is 11.4. The van der Waals surface area contributed by atoms with Crippen molar-refractivity contribution in [3.63, 3.8) is 0 Å². The van der Waals surface area contributed by atoms with E-state index in [1.165, 1.54) is 0 Å². The molecule has 1 atom stereocenters. The van der Waals surface area contributed by atoms with Crippen molar-refractivity contribution in [2.45, 2.75) is 18.8 Å². The van der Waals surface area contributed by atoms with Crippen LogP contribution in [-0.4, -0.2) is 39.0 Å². The molecule has 5 nitrogen and oxygen atoms in total. The maximum Gasteiger partial charge on any atom is 0.234 e. The van der Waals surface area contributed by atoms with Crippen molar-refractivity contribution in [2.75, 3.05) is 20.8 Å². The summed E-state index contributed by atoms with van der Waals surface area (Å²) >= 11 is 0. The molecule has 1 aromatic rings. The second-order valence-corrected chi connectivity index (χ2v) is 3.95. The maximum absolute atomic E-state index is 11.4. The van der Waals surface area contributed by atoms with E-state index < -0.39 is 6.04 Å². The Labute approximate surface area is 119 Å². The van der Waals surface area contributed by atoms with Crippen molar-refractivity contribution in [3.05, 3.63) is 35.9 Å². The molecule has 19 heavy (non-hydrogen) atoms. The molecule has 1 amide bonds. The van der Waals surface area contributed by atoms with Gasteiger partial charge in [0.25, 0.3) is 0 Å². The van der Waals surface area contributed by atoms with Gasteiger partial charge >= 0.3 is 0 Å². The fraction of sp³-hybridized carbons (Fsp3) is 0.462. The molecule has 0 saturated carbocycles. The standard InChI is InChI=1S/C13H20N2O3.ClH/c1-17-12(18-2)9-15-11(13(14)16)8-10-6-4-3-5-7-10;/h3-7,11-12,15H,8-9H2,1-2H3,(H2,14,16);1H. The van der Waals surface area contributed by atoms with Crippen LogP contribution in [0.5, 0.6) is 0 Å². The van der Waals surface area contributed by atoms with Gasteiger partial charge in [0.15, 0.2) is 6.29 Å². The lowest BCUT2D eigenvalue weighted by Gasteiger charge is -2.19. The van der Waals surface area contributed by atoms with Crippen molar-refractivity contribution < 1.29 is 14.3 Å². The zero-order valence-electron chi connectivity index (χ0n) is 11.2. The highest BCUT2D eigenvalue weighted by atomic mass is 35.5. The number of methoxy groups -OCH3 is 2. The number of hydrogen-bond acceptors (Lipinski definition) is 4. The molecule has 0 saturated heterocycles. The van der Waals surface area contributed by atoms with Crippen LogP contribution >= 0.6 is 12.4 Å². The van der Waals surface area contributed by atoms with E-state index in [0.717, 1.165) is 5.56 Å². The molecular formula is C13H21ClN2O3. The zero-order valence-corrected chi connectivity index (χ0v) is 12.0. The van der Waals surface area contributed by atoms with Gasteiger partial charge in [0, 0.05) is 20.8 Å². The molecule has 1 unspecified atom stereocenters. The molecule has 0 heterocycles. The molecule has 0 radical (unpaired) electrons. The predicted octanol–water partition coefficient (Wildman–Crippen LogP) is 0.713. The first kappa shape index (κ1) is 17.9. The lowest BCUT2D eigenvalue weighted by molar-refractivity contribution is -0.122. The van der Waals surface area contributed by atoms with Gasteiger partial charge in [-0.05, 0) is 12.0 Å². The second-order valence-electron chi connectivity index (χ2n) is 3.95. The summed E-state index contributed by atoms with van der Waals surface area (Å²) < 4.78 is 10.1. The van der Waals surface area contributed by atoms with Gasteiger partial charge in [-0.2, -0.15) is 0 Å². The Bertz CT molecular complexity index is 358. The highest BCUT2D eigenvalue weighted by molar-refractivity contribution is 5.85. The average molecular weight is 289 g/mol. The van der Waals surface area contributed by atoms with Crippen LogP contribution in [0.3, 0.4) is 0 Å². The van der Waals surface area contributed by atoms with Gasteiger partial charge in [-0.1, -0.05) is 30.3 Å². The Morgan fingerprint density at radius 2 is 1.84 bits per heavy atom. The summed E-state index contributed by atoms with van der Waals surface area (Å²) in [5.41, 5.74) is 6.43. The number of rotatable bonds is 8. The third kappa shape index (κ3) is 6.54. The number of amides is 1. The third-order valence-electron chi connectivity index (χ3n) is 2.68. The SMILES string of the molecule is COC(CNC(Cc1ccccc1)C(N)=O)OC.Cl. The van der Waals surface area contributed by atoms with Crippen LogP contribution in [0.4, 0.5) is 0 Å².